The molecule has 0 fully saturated rings. The van der Waals surface area contributed by atoms with Gasteiger partial charge in [-0.15, -0.1) is 0 Å². The third-order valence-corrected chi connectivity index (χ3v) is 3.41. The van der Waals surface area contributed by atoms with E-state index in [1.54, 1.807) is 27.7 Å². The molecule has 1 aromatic carbocycles. The molecule has 1 rings (SSSR count). The van der Waals surface area contributed by atoms with Gasteiger partial charge in [0.2, 0.25) is 0 Å². The molecule has 0 saturated carbocycles. The number of esters is 1. The quantitative estimate of drug-likeness (QED) is 0.844. The van der Waals surface area contributed by atoms with Crippen molar-refractivity contribution in [3.63, 3.8) is 0 Å². The van der Waals surface area contributed by atoms with Crippen molar-refractivity contribution in [1.82, 2.24) is 0 Å². The summed E-state index contributed by atoms with van der Waals surface area (Å²) >= 11 is 0. The van der Waals surface area contributed by atoms with Gasteiger partial charge in [0.15, 0.2) is 5.60 Å². The van der Waals surface area contributed by atoms with Gasteiger partial charge in [0.1, 0.15) is 5.60 Å². The first-order valence-corrected chi connectivity index (χ1v) is 7.35. The van der Waals surface area contributed by atoms with E-state index in [0.29, 0.717) is 0 Å². The molecule has 0 amide bonds. The van der Waals surface area contributed by atoms with E-state index in [9.17, 15) is 23.1 Å². The van der Waals surface area contributed by atoms with Gasteiger partial charge < -0.3 is 9.84 Å². The van der Waals surface area contributed by atoms with E-state index in [2.05, 4.69) is 0 Å². The van der Waals surface area contributed by atoms with Crippen molar-refractivity contribution in [2.24, 2.45) is 5.92 Å². The maximum absolute atomic E-state index is 13.5. The van der Waals surface area contributed by atoms with Crippen LogP contribution >= 0.6 is 0 Å². The lowest BCUT2D eigenvalue weighted by molar-refractivity contribution is -0.272. The van der Waals surface area contributed by atoms with E-state index >= 15 is 0 Å². The van der Waals surface area contributed by atoms with Crippen LogP contribution in [0.5, 0.6) is 0 Å². The highest BCUT2D eigenvalue weighted by Gasteiger charge is 2.56. The molecule has 1 aromatic rings. The number of carbonyl (C=O) groups is 1. The second-order valence-corrected chi connectivity index (χ2v) is 6.86. The van der Waals surface area contributed by atoms with Crippen LogP contribution < -0.4 is 0 Å². The second kappa shape index (κ2) is 6.51. The summed E-state index contributed by atoms with van der Waals surface area (Å²) in [6.07, 6.45) is -5.70. The number of hydrogen-bond acceptors (Lipinski definition) is 3. The van der Waals surface area contributed by atoms with Crippen molar-refractivity contribution < 1.29 is 27.8 Å². The maximum Gasteiger partial charge on any atom is 0.421 e. The highest BCUT2D eigenvalue weighted by molar-refractivity contribution is 5.72. The van der Waals surface area contributed by atoms with Gasteiger partial charge in [0, 0.05) is 6.42 Å². The lowest BCUT2D eigenvalue weighted by Crippen LogP contribution is -2.45. The number of benzene rings is 1. The smallest absolute Gasteiger partial charge is 0.421 e. The molecule has 0 aliphatic rings. The Morgan fingerprint density at radius 1 is 1.17 bits per heavy atom. The van der Waals surface area contributed by atoms with Crippen molar-refractivity contribution in [3.8, 4) is 0 Å². The Labute approximate surface area is 134 Å². The number of hydrogen-bond donors (Lipinski definition) is 1. The van der Waals surface area contributed by atoms with Gasteiger partial charge in [0.05, 0.1) is 5.92 Å². The Bertz CT molecular complexity index is 544. The molecule has 0 spiro atoms. The summed E-state index contributed by atoms with van der Waals surface area (Å²) in [4.78, 5) is 11.9. The Kier molecular flexibility index (Phi) is 5.52. The molecule has 1 N–H and O–H groups in total. The van der Waals surface area contributed by atoms with E-state index in [4.69, 9.17) is 4.74 Å². The van der Waals surface area contributed by atoms with Gasteiger partial charge in [-0.05, 0) is 33.3 Å². The molecule has 0 radical (unpaired) electrons. The Morgan fingerprint density at radius 2 is 1.65 bits per heavy atom. The van der Waals surface area contributed by atoms with Crippen molar-refractivity contribution in [2.45, 2.75) is 58.4 Å². The summed E-state index contributed by atoms with van der Waals surface area (Å²) in [5.74, 6) is -1.88. The third-order valence-electron chi connectivity index (χ3n) is 3.41. The number of ether oxygens (including phenoxy) is 1. The van der Waals surface area contributed by atoms with Crippen molar-refractivity contribution in [1.29, 1.82) is 0 Å². The van der Waals surface area contributed by atoms with Crippen LogP contribution in [0, 0.1) is 12.8 Å². The molecular weight excluding hydrogens is 309 g/mol. The fraction of sp³-hybridized carbons (Fsp3) is 0.588. The van der Waals surface area contributed by atoms with Gasteiger partial charge in [-0.3, -0.25) is 4.79 Å². The largest absolute Gasteiger partial charge is 0.460 e. The zero-order valence-corrected chi connectivity index (χ0v) is 14.0. The van der Waals surface area contributed by atoms with Crippen LogP contribution in [0.25, 0.3) is 0 Å². The molecule has 0 saturated heterocycles. The Hall–Kier alpha value is -1.56. The van der Waals surface area contributed by atoms with Crippen LogP contribution in [-0.2, 0) is 15.1 Å². The average molecular weight is 332 g/mol. The standard InChI is InChI=1S/C17H23F3O3/c1-11-6-8-13(9-7-11)16(22,17(18,19)20)10-12(2)14(21)23-15(3,4)5/h6-9,12,22H,10H2,1-5H3. The normalized spacial score (nSPS) is 16.6. The Balaban J connectivity index is 3.09. The van der Waals surface area contributed by atoms with Crippen molar-refractivity contribution in [3.05, 3.63) is 35.4 Å². The van der Waals surface area contributed by atoms with Gasteiger partial charge in [0.25, 0.3) is 0 Å². The van der Waals surface area contributed by atoms with Crippen LogP contribution in [0.4, 0.5) is 13.2 Å². The summed E-state index contributed by atoms with van der Waals surface area (Å²) in [6, 6.07) is 5.43. The molecular formula is C17H23F3O3. The first kappa shape index (κ1) is 19.5. The first-order chi connectivity index (χ1) is 10.3. The van der Waals surface area contributed by atoms with Gasteiger partial charge in [-0.25, -0.2) is 0 Å². The molecule has 130 valence electrons. The van der Waals surface area contributed by atoms with E-state index < -0.39 is 35.7 Å². The molecule has 0 heterocycles. The number of halogens is 3. The zero-order valence-electron chi connectivity index (χ0n) is 14.0. The summed E-state index contributed by atoms with van der Waals surface area (Å²) in [5.41, 5.74) is -3.41. The highest BCUT2D eigenvalue weighted by atomic mass is 19.4. The van der Waals surface area contributed by atoms with Crippen LogP contribution in [0.1, 0.15) is 45.2 Å². The van der Waals surface area contributed by atoms with Gasteiger partial charge >= 0.3 is 12.1 Å². The predicted molar refractivity (Wildman–Crippen MR) is 80.8 cm³/mol. The number of rotatable bonds is 4. The van der Waals surface area contributed by atoms with E-state index in [0.717, 1.165) is 5.56 Å². The molecule has 0 bridgehead atoms. The molecule has 23 heavy (non-hydrogen) atoms. The monoisotopic (exact) mass is 332 g/mol. The molecule has 6 heteroatoms. The van der Waals surface area contributed by atoms with Crippen LogP contribution in [-0.4, -0.2) is 22.9 Å². The van der Waals surface area contributed by atoms with Crippen LogP contribution in [0.15, 0.2) is 24.3 Å². The van der Waals surface area contributed by atoms with E-state index in [1.165, 1.54) is 31.2 Å². The van der Waals surface area contributed by atoms with E-state index in [-0.39, 0.29) is 5.56 Å². The molecule has 2 unspecified atom stereocenters. The topological polar surface area (TPSA) is 46.5 Å². The zero-order chi connectivity index (χ0) is 18.1. The fourth-order valence-corrected chi connectivity index (χ4v) is 2.16. The van der Waals surface area contributed by atoms with Crippen molar-refractivity contribution >= 4 is 5.97 Å². The minimum Gasteiger partial charge on any atom is -0.460 e. The number of aliphatic hydroxyl groups is 1. The number of aryl methyl sites for hydroxylation is 1. The average Bonchev–Trinajstić information content (AvgIpc) is 2.35. The predicted octanol–water partition coefficient (Wildman–Crippen LogP) is 4.11. The number of alkyl halides is 3. The Morgan fingerprint density at radius 3 is 2.04 bits per heavy atom. The summed E-state index contributed by atoms with van der Waals surface area (Å²) < 4.78 is 45.4. The SMILES string of the molecule is Cc1ccc(C(O)(CC(C)C(=O)OC(C)(C)C)C(F)(F)F)cc1. The van der Waals surface area contributed by atoms with Crippen LogP contribution in [0.3, 0.4) is 0 Å². The molecule has 0 aliphatic heterocycles. The molecule has 3 nitrogen and oxygen atoms in total. The lowest BCUT2D eigenvalue weighted by atomic mass is 9.84. The first-order valence-electron chi connectivity index (χ1n) is 7.35. The summed E-state index contributed by atoms with van der Waals surface area (Å²) in [6.45, 7) is 7.95. The molecule has 0 aliphatic carbocycles. The maximum atomic E-state index is 13.5. The van der Waals surface area contributed by atoms with Crippen LogP contribution in [0.2, 0.25) is 0 Å². The highest BCUT2D eigenvalue weighted by Crippen LogP contribution is 2.43. The summed E-state index contributed by atoms with van der Waals surface area (Å²) in [7, 11) is 0. The van der Waals surface area contributed by atoms with E-state index in [1.807, 2.05) is 0 Å². The minimum atomic E-state index is -4.90. The number of carbonyl (C=O) groups excluding carboxylic acids is 1. The summed E-state index contributed by atoms with van der Waals surface area (Å²) in [5, 5.41) is 10.3. The minimum absolute atomic E-state index is 0.286. The van der Waals surface area contributed by atoms with Crippen molar-refractivity contribution in [2.75, 3.05) is 0 Å². The fourth-order valence-electron chi connectivity index (χ4n) is 2.16. The second-order valence-electron chi connectivity index (χ2n) is 6.86. The third kappa shape index (κ3) is 4.96. The van der Waals surface area contributed by atoms with Gasteiger partial charge in [-0.2, -0.15) is 13.2 Å². The lowest BCUT2D eigenvalue weighted by Gasteiger charge is -2.33. The molecule has 0 aromatic heterocycles. The van der Waals surface area contributed by atoms with Gasteiger partial charge in [-0.1, -0.05) is 36.8 Å². The molecule has 2 atom stereocenters.